The van der Waals surface area contributed by atoms with Crippen LogP contribution >= 0.6 is 0 Å². The van der Waals surface area contributed by atoms with Crippen molar-refractivity contribution in [2.24, 2.45) is 5.92 Å². The summed E-state index contributed by atoms with van der Waals surface area (Å²) in [5.74, 6) is -2.40. The molecule has 0 radical (unpaired) electrons. The molecule has 0 amide bonds. The minimum atomic E-state index is -0.649. The number of phenols is 2. The number of esters is 1. The summed E-state index contributed by atoms with van der Waals surface area (Å²) >= 11 is 0. The van der Waals surface area contributed by atoms with Crippen molar-refractivity contribution >= 4 is 28.8 Å². The maximum absolute atomic E-state index is 13.5. The molecule has 0 spiro atoms. The summed E-state index contributed by atoms with van der Waals surface area (Å²) in [4.78, 5) is 38.3. The van der Waals surface area contributed by atoms with Crippen molar-refractivity contribution in [1.29, 1.82) is 0 Å². The summed E-state index contributed by atoms with van der Waals surface area (Å²) < 4.78 is 10.8. The molecular weight excluding hydrogens is 520 g/mol. The van der Waals surface area contributed by atoms with E-state index in [1.807, 2.05) is 56.3 Å². The summed E-state index contributed by atoms with van der Waals surface area (Å²) in [6.45, 7) is 5.47. The number of aromatic hydroxyl groups is 2. The molecule has 4 rings (SSSR count). The fourth-order valence-corrected chi connectivity index (χ4v) is 4.52. The van der Waals surface area contributed by atoms with Crippen molar-refractivity contribution in [2.45, 2.75) is 33.6 Å². The van der Waals surface area contributed by atoms with E-state index in [1.54, 1.807) is 37.3 Å². The Hall–Kier alpha value is -4.91. The van der Waals surface area contributed by atoms with Gasteiger partial charge in [0.25, 0.3) is 0 Å². The van der Waals surface area contributed by atoms with Crippen molar-refractivity contribution in [3.05, 3.63) is 112 Å². The lowest BCUT2D eigenvalue weighted by Crippen LogP contribution is -2.15. The predicted molar refractivity (Wildman–Crippen MR) is 159 cm³/mol. The summed E-state index contributed by atoms with van der Waals surface area (Å²) in [7, 11) is 0. The zero-order chi connectivity index (χ0) is 29.5. The van der Waals surface area contributed by atoms with Crippen LogP contribution in [0, 0.1) is 5.92 Å². The van der Waals surface area contributed by atoms with Gasteiger partial charge < -0.3 is 19.4 Å². The van der Waals surface area contributed by atoms with E-state index in [4.69, 9.17) is 9.15 Å². The van der Waals surface area contributed by atoms with Gasteiger partial charge in [-0.1, -0.05) is 79.2 Å². The van der Waals surface area contributed by atoms with Crippen LogP contribution in [0.3, 0.4) is 0 Å². The van der Waals surface area contributed by atoms with Gasteiger partial charge in [-0.25, -0.2) is 9.59 Å². The number of Topliss-reactive ketones (excluding diaryl/α,β-unsaturated/α-hetero) is 1. The Bertz CT molecular complexity index is 1680. The third kappa shape index (κ3) is 7.00. The van der Waals surface area contributed by atoms with E-state index < -0.39 is 34.8 Å². The Kier molecular flexibility index (Phi) is 9.19. The van der Waals surface area contributed by atoms with Crippen LogP contribution in [0.5, 0.6) is 11.5 Å². The molecule has 1 heterocycles. The summed E-state index contributed by atoms with van der Waals surface area (Å²) in [6, 6.07) is 19.5. The quantitative estimate of drug-likeness (QED) is 0.0727. The van der Waals surface area contributed by atoms with Crippen LogP contribution in [0.15, 0.2) is 93.7 Å². The van der Waals surface area contributed by atoms with E-state index in [9.17, 15) is 24.6 Å². The first kappa shape index (κ1) is 29.1. The number of hydrogen-bond donors (Lipinski definition) is 2. The number of fused-ring (bicyclic) bond motifs is 1. The van der Waals surface area contributed by atoms with E-state index >= 15 is 0 Å². The highest BCUT2D eigenvalue weighted by Gasteiger charge is 2.28. The molecule has 4 aromatic rings. The lowest BCUT2D eigenvalue weighted by Gasteiger charge is -2.17. The molecular formula is C34H32O7. The number of allylic oxidation sites excluding steroid dienone is 2. The van der Waals surface area contributed by atoms with Gasteiger partial charge in [-0.3, -0.25) is 4.79 Å². The normalized spacial score (nSPS) is 11.9. The van der Waals surface area contributed by atoms with Crippen molar-refractivity contribution in [2.75, 3.05) is 6.61 Å². The molecule has 41 heavy (non-hydrogen) atoms. The Labute approximate surface area is 238 Å². The van der Waals surface area contributed by atoms with E-state index in [0.29, 0.717) is 11.1 Å². The monoisotopic (exact) mass is 552 g/mol. The van der Waals surface area contributed by atoms with Gasteiger partial charge in [-0.05, 0) is 43.4 Å². The van der Waals surface area contributed by atoms with Crippen LogP contribution in [-0.4, -0.2) is 28.6 Å². The molecule has 0 saturated carbocycles. The van der Waals surface area contributed by atoms with Gasteiger partial charge in [0.2, 0.25) is 0 Å². The topological polar surface area (TPSA) is 114 Å². The van der Waals surface area contributed by atoms with Crippen molar-refractivity contribution in [3.63, 3.8) is 0 Å². The Morgan fingerprint density at radius 1 is 0.976 bits per heavy atom. The summed E-state index contributed by atoms with van der Waals surface area (Å²) in [6.07, 6.45) is 4.86. The zero-order valence-corrected chi connectivity index (χ0v) is 23.2. The van der Waals surface area contributed by atoms with Crippen LogP contribution in [0.2, 0.25) is 0 Å². The minimum absolute atomic E-state index is 0.0209. The lowest BCUT2D eigenvalue weighted by molar-refractivity contribution is -0.138. The minimum Gasteiger partial charge on any atom is -0.507 e. The zero-order valence-electron chi connectivity index (χ0n) is 23.2. The average Bonchev–Trinajstić information content (AvgIpc) is 2.95. The molecule has 0 saturated heterocycles. The van der Waals surface area contributed by atoms with Gasteiger partial charge >= 0.3 is 11.6 Å². The van der Waals surface area contributed by atoms with E-state index in [-0.39, 0.29) is 41.5 Å². The predicted octanol–water partition coefficient (Wildman–Crippen LogP) is 6.85. The largest absolute Gasteiger partial charge is 0.507 e. The highest BCUT2D eigenvalue weighted by Crippen LogP contribution is 2.44. The molecule has 210 valence electrons. The second-order valence-corrected chi connectivity index (χ2v) is 10.2. The van der Waals surface area contributed by atoms with Crippen LogP contribution in [0.1, 0.15) is 48.7 Å². The first-order valence-corrected chi connectivity index (χ1v) is 13.3. The van der Waals surface area contributed by atoms with Gasteiger partial charge in [0.05, 0.1) is 12.0 Å². The Morgan fingerprint density at radius 3 is 2.29 bits per heavy atom. The molecule has 0 aliphatic heterocycles. The molecule has 0 aliphatic carbocycles. The third-order valence-electron chi connectivity index (χ3n) is 6.57. The fraction of sp³-hybridized carbons (Fsp3) is 0.206. The van der Waals surface area contributed by atoms with E-state index in [0.717, 1.165) is 11.1 Å². The molecule has 1 aromatic heterocycles. The molecule has 0 fully saturated rings. The number of carbonyl (C=O) groups excluding carboxylic acids is 2. The van der Waals surface area contributed by atoms with Gasteiger partial charge in [-0.2, -0.15) is 0 Å². The SMILES string of the molecule is CC(C)=CCc1c(O)c(C(=O)C[C@H](C)COC(=O)/C=C/c2ccccc2)c(O)c2c(-c3ccccc3)cc(=O)oc12. The van der Waals surface area contributed by atoms with Crippen molar-refractivity contribution in [1.82, 2.24) is 0 Å². The number of carbonyl (C=O) groups is 2. The molecule has 7 heteroatoms. The molecule has 0 bridgehead atoms. The standard InChI is InChI=1S/C34H32O7/c1-21(2)14-16-25-32(38)31(27(35)18-22(3)20-40-28(36)17-15-23-10-6-4-7-11-23)33(39)30-26(19-29(37)41-34(25)30)24-12-8-5-9-13-24/h4-15,17,19,22,38-39H,16,18,20H2,1-3H3/b17-15+/t22-/m0/s1. The first-order chi connectivity index (χ1) is 19.7. The average molecular weight is 553 g/mol. The van der Waals surface area contributed by atoms with Gasteiger partial charge in [-0.15, -0.1) is 0 Å². The van der Waals surface area contributed by atoms with Gasteiger partial charge in [0, 0.05) is 29.7 Å². The highest BCUT2D eigenvalue weighted by atomic mass is 16.5. The number of rotatable bonds is 10. The number of benzene rings is 3. The molecule has 3 aromatic carbocycles. The second-order valence-electron chi connectivity index (χ2n) is 10.2. The van der Waals surface area contributed by atoms with Crippen molar-refractivity contribution in [3.8, 4) is 22.6 Å². The van der Waals surface area contributed by atoms with Crippen LogP contribution in [-0.2, 0) is 16.0 Å². The first-order valence-electron chi connectivity index (χ1n) is 13.3. The summed E-state index contributed by atoms with van der Waals surface area (Å²) in [5.41, 5.74) is 2.17. The van der Waals surface area contributed by atoms with Crippen LogP contribution in [0.25, 0.3) is 28.2 Å². The number of phenolic OH excluding ortho intramolecular Hbond substituents is 2. The van der Waals surface area contributed by atoms with Crippen LogP contribution in [0.4, 0.5) is 0 Å². The molecule has 7 nitrogen and oxygen atoms in total. The highest BCUT2D eigenvalue weighted by molar-refractivity contribution is 6.11. The number of hydrogen-bond acceptors (Lipinski definition) is 7. The second kappa shape index (κ2) is 13.0. The molecule has 2 N–H and O–H groups in total. The lowest BCUT2D eigenvalue weighted by atomic mass is 9.90. The maximum atomic E-state index is 13.5. The molecule has 0 aliphatic rings. The number of ether oxygens (including phenoxy) is 1. The van der Waals surface area contributed by atoms with Gasteiger partial charge in [0.15, 0.2) is 5.78 Å². The molecule has 1 atom stereocenters. The van der Waals surface area contributed by atoms with Gasteiger partial charge in [0.1, 0.15) is 22.6 Å². The third-order valence-corrected chi connectivity index (χ3v) is 6.57. The van der Waals surface area contributed by atoms with Crippen molar-refractivity contribution < 1.29 is 29.0 Å². The Morgan fingerprint density at radius 2 is 1.63 bits per heavy atom. The van der Waals surface area contributed by atoms with Crippen LogP contribution < -0.4 is 5.63 Å². The Balaban J connectivity index is 1.67. The van der Waals surface area contributed by atoms with E-state index in [2.05, 4.69) is 0 Å². The fourth-order valence-electron chi connectivity index (χ4n) is 4.52. The molecule has 0 unspecified atom stereocenters. The maximum Gasteiger partial charge on any atom is 0.336 e. The summed E-state index contributed by atoms with van der Waals surface area (Å²) in [5, 5.41) is 22.8. The smallest absolute Gasteiger partial charge is 0.336 e. The van der Waals surface area contributed by atoms with E-state index in [1.165, 1.54) is 12.1 Å². The number of ketones is 1.